The van der Waals surface area contributed by atoms with Crippen LogP contribution in [0.1, 0.15) is 67.6 Å². The zero-order chi connectivity index (χ0) is 14.8. The van der Waals surface area contributed by atoms with Crippen LogP contribution in [-0.2, 0) is 0 Å². The Hall–Kier alpha value is -0.840. The molecule has 0 atom stereocenters. The van der Waals surface area contributed by atoms with Gasteiger partial charge in [-0.3, -0.25) is 4.79 Å². The van der Waals surface area contributed by atoms with Gasteiger partial charge in [-0.1, -0.05) is 51.2 Å². The zero-order valence-electron chi connectivity index (χ0n) is 14.0. The van der Waals surface area contributed by atoms with Crippen molar-refractivity contribution < 1.29 is 45.7 Å². The van der Waals surface area contributed by atoms with Crippen LogP contribution in [0.15, 0.2) is 24.3 Å². The minimum atomic E-state index is -1.07. The van der Waals surface area contributed by atoms with Crippen molar-refractivity contribution in [2.75, 3.05) is 6.54 Å². The van der Waals surface area contributed by atoms with E-state index in [2.05, 4.69) is 12.2 Å². The number of carbonyl (C=O) groups excluding carboxylic acids is 1. The summed E-state index contributed by atoms with van der Waals surface area (Å²) >= 11 is 0. The van der Waals surface area contributed by atoms with E-state index in [9.17, 15) is 9.59 Å². The average Bonchev–Trinajstić information content (AvgIpc) is 2.46. The van der Waals surface area contributed by atoms with E-state index in [0.29, 0.717) is 6.54 Å². The molecule has 0 aliphatic heterocycles. The molecule has 0 aliphatic rings. The SMILES string of the molecule is CCCCCCCCNC(=O)c1ccccc1C(=O)O.[H-].[Na+]. The second-order valence-corrected chi connectivity index (χ2v) is 4.87. The third-order valence-corrected chi connectivity index (χ3v) is 3.22. The number of rotatable bonds is 9. The molecule has 0 heterocycles. The molecule has 0 saturated heterocycles. The van der Waals surface area contributed by atoms with Gasteiger partial charge in [0, 0.05) is 6.54 Å². The van der Waals surface area contributed by atoms with Gasteiger partial charge in [0.1, 0.15) is 0 Å². The summed E-state index contributed by atoms with van der Waals surface area (Å²) in [6.07, 6.45) is 6.95. The van der Waals surface area contributed by atoms with Crippen LogP contribution >= 0.6 is 0 Å². The number of hydrogen-bond donors (Lipinski definition) is 2. The Morgan fingerprint density at radius 1 is 1.05 bits per heavy atom. The number of aromatic carboxylic acids is 1. The largest absolute Gasteiger partial charge is 1.00 e. The predicted molar refractivity (Wildman–Crippen MR) is 80.2 cm³/mol. The summed E-state index contributed by atoms with van der Waals surface area (Å²) in [6.45, 7) is 2.78. The number of amides is 1. The van der Waals surface area contributed by atoms with Crippen LogP contribution in [-0.4, -0.2) is 23.5 Å². The van der Waals surface area contributed by atoms with Crippen molar-refractivity contribution in [2.45, 2.75) is 45.4 Å². The molecule has 0 unspecified atom stereocenters. The number of hydrogen-bond acceptors (Lipinski definition) is 2. The first-order valence-corrected chi connectivity index (χ1v) is 7.27. The van der Waals surface area contributed by atoms with E-state index in [0.717, 1.165) is 12.8 Å². The summed E-state index contributed by atoms with van der Waals surface area (Å²) in [6, 6.07) is 6.28. The van der Waals surface area contributed by atoms with Gasteiger partial charge in [-0.05, 0) is 18.6 Å². The Morgan fingerprint density at radius 2 is 1.62 bits per heavy atom. The molecule has 1 rings (SSSR count). The first-order valence-electron chi connectivity index (χ1n) is 7.27. The molecule has 0 bridgehead atoms. The third-order valence-electron chi connectivity index (χ3n) is 3.22. The minimum absolute atomic E-state index is 0. The van der Waals surface area contributed by atoms with E-state index in [1.54, 1.807) is 18.2 Å². The van der Waals surface area contributed by atoms with E-state index in [1.807, 2.05) is 0 Å². The second kappa shape index (κ2) is 11.8. The van der Waals surface area contributed by atoms with Crippen molar-refractivity contribution in [1.29, 1.82) is 0 Å². The Bertz CT molecular complexity index is 455. The topological polar surface area (TPSA) is 66.4 Å². The number of carbonyl (C=O) groups is 2. The first-order chi connectivity index (χ1) is 9.66. The maximum atomic E-state index is 11.9. The van der Waals surface area contributed by atoms with E-state index >= 15 is 0 Å². The van der Waals surface area contributed by atoms with E-state index in [4.69, 9.17) is 5.11 Å². The fourth-order valence-electron chi connectivity index (χ4n) is 2.07. The molecule has 1 aromatic carbocycles. The van der Waals surface area contributed by atoms with Gasteiger partial charge in [0.15, 0.2) is 0 Å². The second-order valence-electron chi connectivity index (χ2n) is 4.87. The monoisotopic (exact) mass is 301 g/mol. The number of benzene rings is 1. The van der Waals surface area contributed by atoms with E-state index < -0.39 is 5.97 Å². The molecule has 1 aromatic rings. The number of nitrogens with one attached hydrogen (secondary N) is 1. The summed E-state index contributed by atoms with van der Waals surface area (Å²) in [5.74, 6) is -1.38. The fraction of sp³-hybridized carbons (Fsp3) is 0.500. The zero-order valence-corrected chi connectivity index (χ0v) is 15.0. The molecule has 112 valence electrons. The molecule has 0 saturated carbocycles. The standard InChI is InChI=1S/C16H23NO3.Na.H/c1-2-3-4-5-6-9-12-17-15(18)13-10-7-8-11-14(13)16(19)20;;/h7-8,10-11H,2-6,9,12H2,1H3,(H,17,18)(H,19,20);;/q;+1;-1. The number of carboxylic acid groups (broad SMARTS) is 1. The maximum absolute atomic E-state index is 11.9. The van der Waals surface area contributed by atoms with Gasteiger partial charge in [0.25, 0.3) is 5.91 Å². The van der Waals surface area contributed by atoms with Crippen molar-refractivity contribution in [3.63, 3.8) is 0 Å². The van der Waals surface area contributed by atoms with Crippen LogP contribution in [0.25, 0.3) is 0 Å². The third kappa shape index (κ3) is 7.65. The molecule has 5 heteroatoms. The summed E-state index contributed by atoms with van der Waals surface area (Å²) in [7, 11) is 0. The fourth-order valence-corrected chi connectivity index (χ4v) is 2.07. The molecule has 0 fully saturated rings. The summed E-state index contributed by atoms with van der Waals surface area (Å²) in [5, 5.41) is 11.8. The Labute approximate surface area is 150 Å². The Balaban J connectivity index is 0. The summed E-state index contributed by atoms with van der Waals surface area (Å²) in [4.78, 5) is 23.0. The van der Waals surface area contributed by atoms with Gasteiger partial charge >= 0.3 is 35.5 Å². The van der Waals surface area contributed by atoms with Crippen molar-refractivity contribution in [1.82, 2.24) is 5.32 Å². The van der Waals surface area contributed by atoms with Crippen LogP contribution in [0.3, 0.4) is 0 Å². The number of unbranched alkanes of at least 4 members (excludes halogenated alkanes) is 5. The molecule has 0 radical (unpaired) electrons. The molecule has 21 heavy (non-hydrogen) atoms. The predicted octanol–water partition coefficient (Wildman–Crippen LogP) is 0.592. The maximum Gasteiger partial charge on any atom is 1.00 e. The van der Waals surface area contributed by atoms with Gasteiger partial charge in [-0.15, -0.1) is 0 Å². The van der Waals surface area contributed by atoms with Crippen LogP contribution in [0.5, 0.6) is 0 Å². The molecule has 0 spiro atoms. The number of carboxylic acids is 1. The van der Waals surface area contributed by atoms with Crippen molar-refractivity contribution >= 4 is 11.9 Å². The van der Waals surface area contributed by atoms with E-state index in [-0.39, 0.29) is 48.0 Å². The van der Waals surface area contributed by atoms with Crippen LogP contribution < -0.4 is 34.9 Å². The first kappa shape index (κ1) is 20.2. The van der Waals surface area contributed by atoms with Crippen molar-refractivity contribution in [2.24, 2.45) is 0 Å². The van der Waals surface area contributed by atoms with Gasteiger partial charge in [-0.2, -0.15) is 0 Å². The molecule has 2 N–H and O–H groups in total. The van der Waals surface area contributed by atoms with E-state index in [1.165, 1.54) is 31.7 Å². The minimum Gasteiger partial charge on any atom is -1.00 e. The van der Waals surface area contributed by atoms with Crippen LogP contribution in [0.2, 0.25) is 0 Å². The Kier molecular flexibility index (Phi) is 11.3. The van der Waals surface area contributed by atoms with Gasteiger partial charge in [0.05, 0.1) is 11.1 Å². The van der Waals surface area contributed by atoms with Crippen LogP contribution in [0.4, 0.5) is 0 Å². The van der Waals surface area contributed by atoms with Crippen molar-refractivity contribution in [3.05, 3.63) is 35.4 Å². The molecule has 4 nitrogen and oxygen atoms in total. The molecule has 1 amide bonds. The summed E-state index contributed by atoms with van der Waals surface area (Å²) < 4.78 is 0. The normalized spacial score (nSPS) is 9.76. The molecular weight excluding hydrogens is 277 g/mol. The summed E-state index contributed by atoms with van der Waals surface area (Å²) in [5.41, 5.74) is 0.277. The Morgan fingerprint density at radius 3 is 2.24 bits per heavy atom. The van der Waals surface area contributed by atoms with Gasteiger partial charge in [-0.25, -0.2) is 4.79 Å². The van der Waals surface area contributed by atoms with Crippen LogP contribution in [0, 0.1) is 0 Å². The smallest absolute Gasteiger partial charge is 1.00 e. The molecular formula is C16H24NNaO3. The average molecular weight is 301 g/mol. The van der Waals surface area contributed by atoms with Gasteiger partial charge in [0.2, 0.25) is 0 Å². The van der Waals surface area contributed by atoms with Gasteiger partial charge < -0.3 is 11.8 Å². The van der Waals surface area contributed by atoms with Crippen molar-refractivity contribution in [3.8, 4) is 0 Å². The molecule has 0 aromatic heterocycles. The molecule has 0 aliphatic carbocycles. The quantitative estimate of drug-likeness (QED) is 0.518.